The van der Waals surface area contributed by atoms with E-state index in [9.17, 15) is 5.11 Å². The summed E-state index contributed by atoms with van der Waals surface area (Å²) in [6.07, 6.45) is -0.240. The van der Waals surface area contributed by atoms with Crippen LogP contribution in [0.15, 0.2) is 35.7 Å². The Labute approximate surface area is 147 Å². The molecule has 0 aliphatic rings. The van der Waals surface area contributed by atoms with E-state index in [1.165, 1.54) is 10.4 Å². The molecule has 6 heteroatoms. The van der Waals surface area contributed by atoms with Gasteiger partial charge >= 0.3 is 0 Å². The summed E-state index contributed by atoms with van der Waals surface area (Å²) in [5, 5.41) is 15.7. The zero-order valence-corrected chi connectivity index (χ0v) is 15.2. The lowest BCUT2D eigenvalue weighted by atomic mass is 10.2. The van der Waals surface area contributed by atoms with Crippen LogP contribution in [0.3, 0.4) is 0 Å². The number of thiophene rings is 1. The van der Waals surface area contributed by atoms with Crippen molar-refractivity contribution in [3.8, 4) is 11.5 Å². The number of rotatable bonds is 11. The number of benzene rings is 1. The summed E-state index contributed by atoms with van der Waals surface area (Å²) < 4.78 is 11.3. The minimum Gasteiger partial charge on any atom is -0.493 e. The minimum absolute atomic E-state index is 0.240. The lowest BCUT2D eigenvalue weighted by molar-refractivity contribution is -0.733. The molecule has 0 unspecified atom stereocenters. The van der Waals surface area contributed by atoms with Crippen molar-refractivity contribution in [2.45, 2.75) is 26.2 Å². The fourth-order valence-electron chi connectivity index (χ4n) is 2.37. The zero-order valence-electron chi connectivity index (χ0n) is 14.4. The third kappa shape index (κ3) is 6.49. The highest BCUT2D eigenvalue weighted by molar-refractivity contribution is 7.09. The van der Waals surface area contributed by atoms with Crippen LogP contribution in [0.1, 0.15) is 17.4 Å². The number of methoxy groups -OCH3 is 1. The summed E-state index contributed by atoms with van der Waals surface area (Å²) in [4.78, 5) is 1.20. The van der Waals surface area contributed by atoms with Gasteiger partial charge < -0.3 is 25.2 Å². The normalized spacial score (nSPS) is 12.1. The van der Waals surface area contributed by atoms with E-state index in [1.54, 1.807) is 18.4 Å². The second-order valence-electron chi connectivity index (χ2n) is 5.80. The SMILES string of the molecule is COc1cc(C[NH2+]CC[NH2+]C[C@H](C)O)ccc1OCc1cccs1. The molecule has 2 rings (SSSR count). The first-order valence-electron chi connectivity index (χ1n) is 8.32. The predicted molar refractivity (Wildman–Crippen MR) is 95.5 cm³/mol. The second-order valence-corrected chi connectivity index (χ2v) is 6.83. The second kappa shape index (κ2) is 10.3. The number of hydrogen-bond donors (Lipinski definition) is 3. The van der Waals surface area contributed by atoms with Crippen molar-refractivity contribution in [3.63, 3.8) is 0 Å². The standard InChI is InChI=1S/C18H26N2O3S/c1-14(21)11-19-7-8-20-12-15-5-6-17(18(10-15)22-2)23-13-16-4-3-9-24-16/h3-6,9-10,14,19-21H,7-8,11-13H2,1-2H3/p+2/t14-/m0/s1. The average molecular weight is 353 g/mol. The largest absolute Gasteiger partial charge is 0.493 e. The highest BCUT2D eigenvalue weighted by Crippen LogP contribution is 2.29. The van der Waals surface area contributed by atoms with Crippen LogP contribution in [0.2, 0.25) is 0 Å². The van der Waals surface area contributed by atoms with Gasteiger partial charge in [-0.25, -0.2) is 0 Å². The van der Waals surface area contributed by atoms with Gasteiger partial charge in [-0.1, -0.05) is 6.07 Å². The molecule has 1 aromatic heterocycles. The summed E-state index contributed by atoms with van der Waals surface area (Å²) in [5.41, 5.74) is 1.21. The third-order valence-electron chi connectivity index (χ3n) is 3.64. The molecule has 0 spiro atoms. The summed E-state index contributed by atoms with van der Waals surface area (Å²) in [6, 6.07) is 10.2. The predicted octanol–water partition coefficient (Wildman–Crippen LogP) is 0.343. The molecule has 1 heterocycles. The molecule has 5 N–H and O–H groups in total. The van der Waals surface area contributed by atoms with E-state index in [-0.39, 0.29) is 6.10 Å². The molecule has 0 bridgehead atoms. The van der Waals surface area contributed by atoms with Crippen LogP contribution in [0.4, 0.5) is 0 Å². The summed E-state index contributed by atoms with van der Waals surface area (Å²) in [6.45, 7) is 6.07. The first-order valence-corrected chi connectivity index (χ1v) is 9.20. The lowest BCUT2D eigenvalue weighted by Crippen LogP contribution is -2.95. The van der Waals surface area contributed by atoms with Gasteiger partial charge in [-0.3, -0.25) is 0 Å². The van der Waals surface area contributed by atoms with Crippen LogP contribution in [0.25, 0.3) is 0 Å². The molecule has 0 aliphatic carbocycles. The van der Waals surface area contributed by atoms with Crippen molar-refractivity contribution >= 4 is 11.3 Å². The van der Waals surface area contributed by atoms with Crippen molar-refractivity contribution in [3.05, 3.63) is 46.2 Å². The summed E-state index contributed by atoms with van der Waals surface area (Å²) in [7, 11) is 1.67. The van der Waals surface area contributed by atoms with Gasteiger partial charge in [0.25, 0.3) is 0 Å². The van der Waals surface area contributed by atoms with E-state index < -0.39 is 0 Å². The van der Waals surface area contributed by atoms with Gasteiger partial charge in [-0.15, -0.1) is 11.3 Å². The Kier molecular flexibility index (Phi) is 8.04. The fourth-order valence-corrected chi connectivity index (χ4v) is 2.98. The third-order valence-corrected chi connectivity index (χ3v) is 4.49. The lowest BCUT2D eigenvalue weighted by Gasteiger charge is -2.11. The minimum atomic E-state index is -0.240. The van der Waals surface area contributed by atoms with E-state index in [4.69, 9.17) is 9.47 Å². The van der Waals surface area contributed by atoms with Crippen molar-refractivity contribution in [1.82, 2.24) is 0 Å². The number of aliphatic hydroxyl groups excluding tert-OH is 1. The van der Waals surface area contributed by atoms with Gasteiger partial charge in [0, 0.05) is 10.4 Å². The summed E-state index contributed by atoms with van der Waals surface area (Å²) >= 11 is 1.69. The van der Waals surface area contributed by atoms with Crippen LogP contribution in [-0.2, 0) is 13.2 Å². The molecular weight excluding hydrogens is 324 g/mol. The topological polar surface area (TPSA) is 71.9 Å². The Morgan fingerprint density at radius 3 is 2.71 bits per heavy atom. The molecule has 0 radical (unpaired) electrons. The number of ether oxygens (including phenoxy) is 2. The Hall–Kier alpha value is -1.60. The molecule has 0 saturated carbocycles. The molecular formula is C18H28N2O3S+2. The van der Waals surface area contributed by atoms with Gasteiger partial charge in [-0.2, -0.15) is 0 Å². The molecule has 0 saturated heterocycles. The number of aliphatic hydroxyl groups is 1. The number of nitrogens with two attached hydrogens (primary N) is 2. The van der Waals surface area contributed by atoms with Crippen LogP contribution >= 0.6 is 11.3 Å². The average Bonchev–Trinajstić information content (AvgIpc) is 3.09. The molecule has 5 nitrogen and oxygen atoms in total. The maximum atomic E-state index is 9.21. The van der Waals surface area contributed by atoms with Crippen LogP contribution in [0.5, 0.6) is 11.5 Å². The molecule has 24 heavy (non-hydrogen) atoms. The van der Waals surface area contributed by atoms with E-state index in [0.717, 1.165) is 37.7 Å². The van der Waals surface area contributed by atoms with Crippen LogP contribution < -0.4 is 20.1 Å². The van der Waals surface area contributed by atoms with E-state index in [0.29, 0.717) is 6.61 Å². The van der Waals surface area contributed by atoms with E-state index in [2.05, 4.69) is 22.8 Å². The van der Waals surface area contributed by atoms with Crippen LogP contribution in [-0.4, -0.2) is 38.0 Å². The Bertz CT molecular complexity index is 588. The van der Waals surface area contributed by atoms with Crippen molar-refractivity contribution < 1.29 is 25.2 Å². The van der Waals surface area contributed by atoms with Gasteiger partial charge in [0.2, 0.25) is 0 Å². The molecule has 0 amide bonds. The van der Waals surface area contributed by atoms with Crippen molar-refractivity contribution in [1.29, 1.82) is 0 Å². The van der Waals surface area contributed by atoms with Gasteiger partial charge in [0.15, 0.2) is 11.5 Å². The summed E-state index contributed by atoms with van der Waals surface area (Å²) in [5.74, 6) is 1.55. The quantitative estimate of drug-likeness (QED) is 0.511. The zero-order chi connectivity index (χ0) is 17.2. The number of quaternary nitrogens is 2. The fraction of sp³-hybridized carbons (Fsp3) is 0.444. The van der Waals surface area contributed by atoms with Gasteiger partial charge in [0.1, 0.15) is 32.8 Å². The first kappa shape index (κ1) is 18.7. The highest BCUT2D eigenvalue weighted by atomic mass is 32.1. The maximum Gasteiger partial charge on any atom is 0.161 e. The monoisotopic (exact) mass is 352 g/mol. The number of hydrogen-bond acceptors (Lipinski definition) is 4. The molecule has 0 aliphatic heterocycles. The van der Waals surface area contributed by atoms with Gasteiger partial charge in [0.05, 0.1) is 13.2 Å². The van der Waals surface area contributed by atoms with Gasteiger partial charge in [-0.05, 0) is 36.6 Å². The molecule has 1 atom stereocenters. The Morgan fingerprint density at radius 2 is 2.00 bits per heavy atom. The molecule has 0 fully saturated rings. The van der Waals surface area contributed by atoms with E-state index in [1.807, 2.05) is 30.5 Å². The Morgan fingerprint density at radius 1 is 1.17 bits per heavy atom. The smallest absolute Gasteiger partial charge is 0.161 e. The van der Waals surface area contributed by atoms with Crippen LogP contribution in [0, 0.1) is 0 Å². The first-order chi connectivity index (χ1) is 11.7. The molecule has 2 aromatic rings. The molecule has 1 aromatic carbocycles. The maximum absolute atomic E-state index is 9.21. The highest BCUT2D eigenvalue weighted by Gasteiger charge is 2.08. The van der Waals surface area contributed by atoms with Crippen molar-refractivity contribution in [2.75, 3.05) is 26.7 Å². The van der Waals surface area contributed by atoms with Crippen molar-refractivity contribution in [2.24, 2.45) is 0 Å². The van der Waals surface area contributed by atoms with E-state index >= 15 is 0 Å². The Balaban J connectivity index is 1.77. The molecule has 132 valence electrons.